The summed E-state index contributed by atoms with van der Waals surface area (Å²) in [7, 11) is 0. The van der Waals surface area contributed by atoms with Crippen molar-refractivity contribution in [3.05, 3.63) is 118 Å². The zero-order valence-corrected chi connectivity index (χ0v) is 21.4. The fourth-order valence-electron chi connectivity index (χ4n) is 2.35. The minimum absolute atomic E-state index is 0. The third-order valence-electron chi connectivity index (χ3n) is 4.01. The van der Waals surface area contributed by atoms with Crippen molar-refractivity contribution in [2.45, 2.75) is 0 Å². The zero-order valence-electron chi connectivity index (χ0n) is 18.8. The molecule has 1 radical (unpaired) electrons. The van der Waals surface area contributed by atoms with Gasteiger partial charge in [-0.1, -0.05) is 33.4 Å². The van der Waals surface area contributed by atoms with E-state index < -0.39 is 0 Å². The van der Waals surface area contributed by atoms with Crippen LogP contribution in [-0.2, 0) is 16.8 Å². The molecule has 0 saturated heterocycles. The molecule has 0 amide bonds. The van der Waals surface area contributed by atoms with E-state index >= 15 is 0 Å². The summed E-state index contributed by atoms with van der Waals surface area (Å²) in [6.07, 6.45) is 5.99. The molecule has 6 N–H and O–H groups in total. The maximum absolute atomic E-state index is 7.67. The number of rotatable bonds is 6. The van der Waals surface area contributed by atoms with E-state index in [9.17, 15) is 0 Å². The second kappa shape index (κ2) is 17.7. The first-order valence-electron chi connectivity index (χ1n) is 9.75. The SMILES string of the molecule is [Co+2].[OH-].[OH-].[OH2+]C(=NN=Cc1ccco1)c1ccc(Cl)cc1.[OH2+]C(=NN=Cc1ccco1)c1ccc(Cl)cc1. The Morgan fingerprint density at radius 3 is 1.27 bits per heavy atom. The van der Waals surface area contributed by atoms with Gasteiger partial charge in [0.05, 0.1) is 36.1 Å². The Morgan fingerprint density at radius 2 is 0.973 bits per heavy atom. The Kier molecular flexibility index (Phi) is 15.9. The fourth-order valence-corrected chi connectivity index (χ4v) is 2.60. The van der Waals surface area contributed by atoms with Crippen LogP contribution in [0.3, 0.4) is 0 Å². The normalized spacial score (nSPS) is 11.2. The first-order chi connectivity index (χ1) is 16.5. The monoisotopic (exact) mass is 591 g/mol. The van der Waals surface area contributed by atoms with Crippen LogP contribution in [0.5, 0.6) is 0 Å². The number of halogens is 2. The molecule has 4 rings (SSSR count). The van der Waals surface area contributed by atoms with Crippen molar-refractivity contribution in [2.24, 2.45) is 20.4 Å². The van der Waals surface area contributed by atoms with E-state index in [4.69, 9.17) is 42.2 Å². The van der Waals surface area contributed by atoms with E-state index in [0.717, 1.165) is 0 Å². The molecule has 13 heteroatoms. The molecule has 0 saturated carbocycles. The maximum Gasteiger partial charge on any atom is 2.00 e. The molecule has 0 bridgehead atoms. The third-order valence-corrected chi connectivity index (χ3v) is 4.51. The molecule has 2 aromatic carbocycles. The van der Waals surface area contributed by atoms with E-state index in [0.29, 0.717) is 32.7 Å². The summed E-state index contributed by atoms with van der Waals surface area (Å²) in [6, 6.07) is 20.7. The van der Waals surface area contributed by atoms with Crippen molar-refractivity contribution >= 4 is 47.4 Å². The molecule has 0 spiro atoms. The van der Waals surface area contributed by atoms with Crippen LogP contribution in [0.1, 0.15) is 22.6 Å². The smallest absolute Gasteiger partial charge is 0.870 e. The molecule has 0 unspecified atom stereocenters. The predicted molar refractivity (Wildman–Crippen MR) is 140 cm³/mol. The quantitative estimate of drug-likeness (QED) is 0.138. The van der Waals surface area contributed by atoms with Crippen molar-refractivity contribution in [1.29, 1.82) is 0 Å². The molecule has 0 fully saturated rings. The van der Waals surface area contributed by atoms with E-state index in [1.807, 2.05) is 0 Å². The van der Waals surface area contributed by atoms with Crippen LogP contribution in [0.4, 0.5) is 0 Å². The van der Waals surface area contributed by atoms with Gasteiger partial charge in [-0.3, -0.25) is 0 Å². The molecule has 0 atom stereocenters. The minimum Gasteiger partial charge on any atom is -0.870 e. The third kappa shape index (κ3) is 11.7. The molecular formula is C24H22Cl2CoN4O6+2. The zero-order chi connectivity index (χ0) is 24.2. The van der Waals surface area contributed by atoms with Crippen LogP contribution in [0.2, 0.25) is 10.0 Å². The Morgan fingerprint density at radius 1 is 0.622 bits per heavy atom. The second-order valence-corrected chi connectivity index (χ2v) is 7.30. The van der Waals surface area contributed by atoms with Gasteiger partial charge >= 0.3 is 28.6 Å². The average molecular weight is 592 g/mol. The van der Waals surface area contributed by atoms with Gasteiger partial charge in [-0.25, -0.2) is 0 Å². The van der Waals surface area contributed by atoms with Crippen molar-refractivity contribution in [3.8, 4) is 0 Å². The first-order valence-corrected chi connectivity index (χ1v) is 10.5. The van der Waals surface area contributed by atoms with Gasteiger partial charge in [0.15, 0.2) is 0 Å². The van der Waals surface area contributed by atoms with Crippen LogP contribution in [-0.4, -0.2) is 45.4 Å². The van der Waals surface area contributed by atoms with E-state index in [2.05, 4.69) is 20.4 Å². The molecule has 2 aromatic heterocycles. The fraction of sp³-hybridized carbons (Fsp3) is 0. The van der Waals surface area contributed by atoms with E-state index in [-0.39, 0.29) is 39.5 Å². The van der Waals surface area contributed by atoms with Crippen LogP contribution in [0.15, 0.2) is 115 Å². The molecule has 10 nitrogen and oxygen atoms in total. The molecule has 4 aromatic rings. The summed E-state index contributed by atoms with van der Waals surface area (Å²) >= 11 is 11.5. The van der Waals surface area contributed by atoms with Crippen LogP contribution in [0.25, 0.3) is 0 Å². The first kappa shape index (κ1) is 33.3. The molecule has 0 aliphatic carbocycles. The number of furan rings is 2. The molecule has 37 heavy (non-hydrogen) atoms. The number of hydrogen-bond donors (Lipinski definition) is 0. The van der Waals surface area contributed by atoms with Gasteiger partial charge < -0.3 is 30.0 Å². The average Bonchev–Trinajstić information content (AvgIpc) is 3.55. The van der Waals surface area contributed by atoms with Gasteiger partial charge in [-0.2, -0.15) is 0 Å². The Labute approximate surface area is 232 Å². The summed E-state index contributed by atoms with van der Waals surface area (Å²) in [5.74, 6) is 1.34. The van der Waals surface area contributed by atoms with Gasteiger partial charge in [0.2, 0.25) is 0 Å². The van der Waals surface area contributed by atoms with Crippen molar-refractivity contribution < 1.29 is 46.8 Å². The van der Waals surface area contributed by atoms with Gasteiger partial charge in [-0.05, 0) is 72.8 Å². The Balaban J connectivity index is 0.000000648. The van der Waals surface area contributed by atoms with Crippen molar-refractivity contribution in [2.75, 3.05) is 0 Å². The van der Waals surface area contributed by atoms with Gasteiger partial charge in [0, 0.05) is 10.0 Å². The summed E-state index contributed by atoms with van der Waals surface area (Å²) in [5.41, 5.74) is 1.32. The van der Waals surface area contributed by atoms with E-state index in [1.54, 1.807) is 85.3 Å². The summed E-state index contributed by atoms with van der Waals surface area (Å²) < 4.78 is 10.1. The molecule has 0 aliphatic rings. The minimum atomic E-state index is 0. The van der Waals surface area contributed by atoms with Crippen LogP contribution < -0.4 is 0 Å². The Hall–Kier alpha value is -3.71. The number of benzene rings is 2. The standard InChI is InChI=1S/2C12H9ClN2O2.Co.2H2O/c2*13-10-5-3-9(4-6-10)12(16)15-14-8-11-2-1-7-17-11;;;/h2*1-8H,(H,15,16);;2*1H2/q;;+2;;. The van der Waals surface area contributed by atoms with Gasteiger partial charge in [0.25, 0.3) is 0 Å². The number of nitrogens with zero attached hydrogens (tertiary/aromatic N) is 4. The summed E-state index contributed by atoms with van der Waals surface area (Å²) in [6.45, 7) is 0. The van der Waals surface area contributed by atoms with E-state index in [1.165, 1.54) is 12.4 Å². The van der Waals surface area contributed by atoms with Crippen molar-refractivity contribution in [3.63, 3.8) is 0 Å². The molecular weight excluding hydrogens is 570 g/mol. The van der Waals surface area contributed by atoms with Crippen molar-refractivity contribution in [1.82, 2.24) is 0 Å². The number of hydrogen-bond acceptors (Lipinski definition) is 8. The van der Waals surface area contributed by atoms with Crippen LogP contribution >= 0.6 is 23.2 Å². The summed E-state index contributed by atoms with van der Waals surface area (Å²) in [5, 5.41) is 31.6. The van der Waals surface area contributed by atoms with Crippen LogP contribution in [0, 0.1) is 0 Å². The molecule has 2 heterocycles. The largest absolute Gasteiger partial charge is 2.00 e. The molecule has 0 aliphatic heterocycles. The maximum atomic E-state index is 7.67. The summed E-state index contributed by atoms with van der Waals surface area (Å²) in [4.78, 5) is 0. The second-order valence-electron chi connectivity index (χ2n) is 6.43. The van der Waals surface area contributed by atoms with Gasteiger partial charge in [0.1, 0.15) is 11.5 Å². The predicted octanol–water partition coefficient (Wildman–Crippen LogP) is 4.52. The van der Waals surface area contributed by atoms with Gasteiger partial charge in [-0.15, -0.1) is 10.2 Å². The Bertz CT molecular complexity index is 1170. The molecule has 195 valence electrons. The topological polar surface area (TPSA) is 182 Å².